The van der Waals surface area contributed by atoms with Crippen LogP contribution in [0.25, 0.3) is 0 Å². The molecule has 0 saturated heterocycles. The maximum absolute atomic E-state index is 12.3. The number of rotatable bonds is 4. The summed E-state index contributed by atoms with van der Waals surface area (Å²) in [5, 5.41) is 7.97. The Morgan fingerprint density at radius 2 is 1.96 bits per heavy atom. The van der Waals surface area contributed by atoms with E-state index in [4.69, 9.17) is 5.14 Å². The molecule has 1 heterocycles. The van der Waals surface area contributed by atoms with E-state index in [0.717, 1.165) is 17.7 Å². The van der Waals surface area contributed by atoms with Crippen LogP contribution in [-0.4, -0.2) is 19.3 Å². The molecule has 3 N–H and O–H groups in total. The van der Waals surface area contributed by atoms with E-state index >= 15 is 0 Å². The first-order valence-corrected chi connectivity index (χ1v) is 8.76. The minimum Gasteiger partial charge on any atom is -0.324 e. The number of aromatic nitrogens is 1. The minimum atomic E-state index is -3.69. The molecule has 1 amide bonds. The molecule has 6 nitrogen and oxygen atoms in total. The second-order valence-corrected chi connectivity index (χ2v) is 7.25. The lowest BCUT2D eigenvalue weighted by atomic mass is 10.1. The van der Waals surface area contributed by atoms with E-state index < -0.39 is 10.0 Å². The van der Waals surface area contributed by atoms with Crippen LogP contribution in [0.3, 0.4) is 0 Å². The van der Waals surface area contributed by atoms with Gasteiger partial charge < -0.3 is 5.32 Å². The van der Waals surface area contributed by atoms with E-state index in [-0.39, 0.29) is 22.6 Å². The van der Waals surface area contributed by atoms with Gasteiger partial charge in [-0.25, -0.2) is 13.6 Å². The Bertz CT molecular complexity index is 847. The molecule has 120 valence electrons. The van der Waals surface area contributed by atoms with Crippen LogP contribution in [0.2, 0.25) is 0 Å². The number of carbonyl (C=O) groups excluding carboxylic acids is 1. The van der Waals surface area contributed by atoms with Crippen LogP contribution in [-0.2, 0) is 14.8 Å². The van der Waals surface area contributed by atoms with E-state index in [1.54, 1.807) is 24.4 Å². The molecule has 0 spiro atoms. The van der Waals surface area contributed by atoms with Gasteiger partial charge >= 0.3 is 0 Å². The van der Waals surface area contributed by atoms with Crippen LogP contribution in [0.1, 0.15) is 23.6 Å². The number of primary sulfonamides is 1. The highest BCUT2D eigenvalue weighted by Crippen LogP contribution is 2.48. The fraction of sp³-hybridized carbons (Fsp3) is 0.250. The molecular weight excluding hydrogens is 314 g/mol. The molecule has 2 unspecified atom stereocenters. The number of benzene rings is 1. The predicted molar refractivity (Wildman–Crippen MR) is 86.3 cm³/mol. The molecule has 23 heavy (non-hydrogen) atoms. The molecule has 1 aromatic carbocycles. The summed E-state index contributed by atoms with van der Waals surface area (Å²) in [5.41, 5.74) is 2.43. The van der Waals surface area contributed by atoms with Gasteiger partial charge in [-0.3, -0.25) is 9.78 Å². The lowest BCUT2D eigenvalue weighted by Crippen LogP contribution is -2.15. The Morgan fingerprint density at radius 1 is 1.26 bits per heavy atom. The second kappa shape index (κ2) is 5.75. The summed E-state index contributed by atoms with van der Waals surface area (Å²) in [7, 11) is -3.69. The highest BCUT2D eigenvalue weighted by Gasteiger charge is 2.44. The van der Waals surface area contributed by atoms with Crippen molar-refractivity contribution in [3.8, 4) is 0 Å². The standard InChI is InChI=1S/C16H17N3O3S/c1-10-15(3-2-8-18-10)19-16(20)14-9-13(14)11-4-6-12(7-5-11)23(17,21)22/h2-8,13-14H,9H2,1H3,(H,19,20)(H2,17,21,22). The molecular formula is C16H17N3O3S. The summed E-state index contributed by atoms with van der Waals surface area (Å²) in [6.07, 6.45) is 2.43. The number of anilines is 1. The summed E-state index contributed by atoms with van der Waals surface area (Å²) in [6.45, 7) is 1.84. The quantitative estimate of drug-likeness (QED) is 0.891. The molecule has 0 aliphatic heterocycles. The van der Waals surface area contributed by atoms with Crippen molar-refractivity contribution in [2.24, 2.45) is 11.1 Å². The third kappa shape index (κ3) is 3.40. The number of amides is 1. The summed E-state index contributed by atoms with van der Waals surface area (Å²) < 4.78 is 22.5. The summed E-state index contributed by atoms with van der Waals surface area (Å²) in [6, 6.07) is 9.98. The van der Waals surface area contributed by atoms with Crippen molar-refractivity contribution in [3.63, 3.8) is 0 Å². The molecule has 1 aliphatic carbocycles. The number of pyridine rings is 1. The molecule has 1 aliphatic rings. The minimum absolute atomic E-state index is 0.0402. The van der Waals surface area contributed by atoms with E-state index in [0.29, 0.717) is 5.69 Å². The Kier molecular flexibility index (Phi) is 3.91. The summed E-state index contributed by atoms with van der Waals surface area (Å²) in [4.78, 5) is 16.5. The van der Waals surface area contributed by atoms with E-state index in [1.807, 2.05) is 13.0 Å². The van der Waals surface area contributed by atoms with Gasteiger partial charge in [0, 0.05) is 12.1 Å². The van der Waals surface area contributed by atoms with Gasteiger partial charge in [0.1, 0.15) is 0 Å². The number of sulfonamides is 1. The topological polar surface area (TPSA) is 102 Å². The molecule has 3 rings (SSSR count). The predicted octanol–water partition coefficient (Wildman–Crippen LogP) is 1.78. The Labute approximate surface area is 134 Å². The molecule has 2 atom stereocenters. The smallest absolute Gasteiger partial charge is 0.238 e. The zero-order chi connectivity index (χ0) is 16.6. The summed E-state index contributed by atoms with van der Waals surface area (Å²) in [5.74, 6) is -0.0296. The molecule has 1 saturated carbocycles. The van der Waals surface area contributed by atoms with Crippen molar-refractivity contribution < 1.29 is 13.2 Å². The number of carbonyl (C=O) groups is 1. The molecule has 0 radical (unpaired) electrons. The number of hydrogen-bond acceptors (Lipinski definition) is 4. The third-order valence-electron chi connectivity index (χ3n) is 4.03. The Balaban J connectivity index is 1.67. The van der Waals surface area contributed by atoms with Crippen molar-refractivity contribution in [1.82, 2.24) is 4.98 Å². The van der Waals surface area contributed by atoms with Crippen molar-refractivity contribution in [2.45, 2.75) is 24.2 Å². The van der Waals surface area contributed by atoms with Gasteiger partial charge in [0.05, 0.1) is 16.3 Å². The molecule has 7 heteroatoms. The fourth-order valence-corrected chi connectivity index (χ4v) is 3.12. The van der Waals surface area contributed by atoms with E-state index in [2.05, 4.69) is 10.3 Å². The third-order valence-corrected chi connectivity index (χ3v) is 4.96. The normalized spacial score (nSPS) is 20.1. The second-order valence-electron chi connectivity index (χ2n) is 5.69. The highest BCUT2D eigenvalue weighted by molar-refractivity contribution is 7.89. The van der Waals surface area contributed by atoms with E-state index in [1.165, 1.54) is 12.1 Å². The molecule has 2 aromatic rings. The average Bonchev–Trinajstić information content (AvgIpc) is 3.29. The first-order chi connectivity index (χ1) is 10.9. The van der Waals surface area contributed by atoms with Crippen LogP contribution in [0.5, 0.6) is 0 Å². The van der Waals surface area contributed by atoms with Crippen LogP contribution in [0.4, 0.5) is 5.69 Å². The first-order valence-electron chi connectivity index (χ1n) is 7.21. The van der Waals surface area contributed by atoms with Gasteiger partial charge in [-0.05, 0) is 49.1 Å². The number of nitrogens with zero attached hydrogens (tertiary/aromatic N) is 1. The maximum Gasteiger partial charge on any atom is 0.238 e. The molecule has 1 aromatic heterocycles. The largest absolute Gasteiger partial charge is 0.324 e. The lowest BCUT2D eigenvalue weighted by Gasteiger charge is -2.07. The van der Waals surface area contributed by atoms with Gasteiger partial charge in [-0.15, -0.1) is 0 Å². The first kappa shape index (κ1) is 15.6. The van der Waals surface area contributed by atoms with Crippen molar-refractivity contribution >= 4 is 21.6 Å². The number of aryl methyl sites for hydroxylation is 1. The van der Waals surface area contributed by atoms with Crippen molar-refractivity contribution in [3.05, 3.63) is 53.9 Å². The zero-order valence-corrected chi connectivity index (χ0v) is 13.4. The summed E-state index contributed by atoms with van der Waals surface area (Å²) >= 11 is 0. The number of nitrogens with two attached hydrogens (primary N) is 1. The van der Waals surface area contributed by atoms with E-state index in [9.17, 15) is 13.2 Å². The monoisotopic (exact) mass is 331 g/mol. The van der Waals surface area contributed by atoms with Gasteiger partial charge in [-0.2, -0.15) is 0 Å². The average molecular weight is 331 g/mol. The zero-order valence-electron chi connectivity index (χ0n) is 12.6. The number of nitrogens with one attached hydrogen (secondary N) is 1. The van der Waals surface area contributed by atoms with Gasteiger partial charge in [0.25, 0.3) is 0 Å². The van der Waals surface area contributed by atoms with Crippen LogP contribution in [0.15, 0.2) is 47.5 Å². The number of hydrogen-bond donors (Lipinski definition) is 2. The SMILES string of the molecule is Cc1ncccc1NC(=O)C1CC1c1ccc(S(N)(=O)=O)cc1. The van der Waals surface area contributed by atoms with Crippen molar-refractivity contribution in [2.75, 3.05) is 5.32 Å². The van der Waals surface area contributed by atoms with Gasteiger partial charge in [0.15, 0.2) is 0 Å². The Hall–Kier alpha value is -2.25. The maximum atomic E-state index is 12.3. The van der Waals surface area contributed by atoms with Crippen molar-refractivity contribution in [1.29, 1.82) is 0 Å². The van der Waals surface area contributed by atoms with Crippen LogP contribution in [0, 0.1) is 12.8 Å². The Morgan fingerprint density at radius 3 is 2.57 bits per heavy atom. The highest BCUT2D eigenvalue weighted by atomic mass is 32.2. The van der Waals surface area contributed by atoms with Gasteiger partial charge in [0.2, 0.25) is 15.9 Å². The molecule has 0 bridgehead atoms. The van der Waals surface area contributed by atoms with Crippen LogP contribution >= 0.6 is 0 Å². The lowest BCUT2D eigenvalue weighted by molar-refractivity contribution is -0.117. The van der Waals surface area contributed by atoms with Gasteiger partial charge in [-0.1, -0.05) is 12.1 Å². The fourth-order valence-electron chi connectivity index (χ4n) is 2.60. The van der Waals surface area contributed by atoms with Crippen LogP contribution < -0.4 is 10.5 Å². The molecule has 1 fully saturated rings.